The third-order valence-corrected chi connectivity index (χ3v) is 3.39. The number of benzene rings is 4. The highest BCUT2D eigenvalue weighted by Crippen LogP contribution is 2.33. The van der Waals surface area contributed by atoms with Crippen LogP contribution in [0, 0.1) is 5.41 Å². The van der Waals surface area contributed by atoms with Gasteiger partial charge in [-0.25, -0.2) is 10.2 Å². The van der Waals surface area contributed by atoms with Gasteiger partial charge in [-0.05, 0) is 32.3 Å². The van der Waals surface area contributed by atoms with Crippen LogP contribution in [-0.2, 0) is 4.79 Å². The minimum atomic E-state index is 0.750. The number of hydrogen-bond acceptors (Lipinski definition) is 2. The van der Waals surface area contributed by atoms with Crippen molar-refractivity contribution in [2.45, 2.75) is 0 Å². The van der Waals surface area contributed by atoms with Gasteiger partial charge in [-0.15, -0.1) is 0 Å². The van der Waals surface area contributed by atoms with Gasteiger partial charge in [0.25, 0.3) is 0 Å². The lowest BCUT2D eigenvalue weighted by Crippen LogP contribution is -1.82. The summed E-state index contributed by atoms with van der Waals surface area (Å²) in [6, 6.07) is 21.9. The van der Waals surface area contributed by atoms with E-state index in [0.29, 0.717) is 0 Å². The molecule has 4 aromatic carbocycles. The normalized spacial score (nSPS) is 10.3. The summed E-state index contributed by atoms with van der Waals surface area (Å²) in [6.45, 7) is 0. The zero-order valence-electron chi connectivity index (χ0n) is 10.2. The first-order valence-corrected chi connectivity index (χ1v) is 6.01. The molecule has 0 heterocycles. The second kappa shape index (κ2) is 4.52. The van der Waals surface area contributed by atoms with Gasteiger partial charge in [0.05, 0.1) is 0 Å². The Bertz CT molecular complexity index is 759. The Hall–Kier alpha value is -2.70. The van der Waals surface area contributed by atoms with Crippen molar-refractivity contribution in [1.82, 2.24) is 0 Å². The van der Waals surface area contributed by atoms with E-state index in [9.17, 15) is 0 Å². The molecule has 0 bridgehead atoms. The van der Waals surface area contributed by atoms with Gasteiger partial charge in [0.2, 0.25) is 6.08 Å². The molecule has 90 valence electrons. The maximum Gasteiger partial charge on any atom is 0.231 e. The maximum atomic E-state index is 8.35. The van der Waals surface area contributed by atoms with E-state index < -0.39 is 0 Å². The molecule has 0 aromatic heterocycles. The second-order valence-electron chi connectivity index (χ2n) is 4.39. The fraction of sp³-hybridized carbons (Fsp3) is 0. The molecule has 0 saturated carbocycles. The van der Waals surface area contributed by atoms with Crippen LogP contribution in [0.15, 0.2) is 60.7 Å². The van der Waals surface area contributed by atoms with Crippen LogP contribution in [0.3, 0.4) is 0 Å². The lowest BCUT2D eigenvalue weighted by molar-refractivity contribution is 0.563. The molecule has 1 N–H and O–H groups in total. The molecule has 0 saturated heterocycles. The Labute approximate surface area is 110 Å². The first-order valence-electron chi connectivity index (χ1n) is 6.01. The Kier molecular flexibility index (Phi) is 2.71. The molecule has 0 radical (unpaired) electrons. The zero-order valence-corrected chi connectivity index (χ0v) is 10.2. The number of nitrogens with one attached hydrogen (secondary N) is 1. The molecular weight excluding hydrogens is 234 g/mol. The standard InChI is InChI=1S/C16H10.CHNO/c1-3-11-7-9-13-5-2-6-14-10-8-12(4-1)15(11)16(13)14;2-1-3/h1-10H;2H. The van der Waals surface area contributed by atoms with Crippen LogP contribution in [0.1, 0.15) is 0 Å². The molecule has 0 aliphatic heterocycles. The van der Waals surface area contributed by atoms with Gasteiger partial charge in [0.1, 0.15) is 0 Å². The first kappa shape index (κ1) is 11.4. The highest BCUT2D eigenvalue weighted by molar-refractivity contribution is 6.22. The van der Waals surface area contributed by atoms with Crippen LogP contribution in [0.4, 0.5) is 0 Å². The summed E-state index contributed by atoms with van der Waals surface area (Å²) in [5.74, 6) is 0. The van der Waals surface area contributed by atoms with Crippen molar-refractivity contribution in [2.24, 2.45) is 0 Å². The molecule has 0 amide bonds. The Morgan fingerprint density at radius 2 is 0.895 bits per heavy atom. The summed E-state index contributed by atoms with van der Waals surface area (Å²) in [7, 11) is 0. The molecule has 4 rings (SSSR count). The van der Waals surface area contributed by atoms with E-state index in [1.54, 1.807) is 0 Å². The van der Waals surface area contributed by atoms with Crippen molar-refractivity contribution in [3.63, 3.8) is 0 Å². The van der Waals surface area contributed by atoms with E-state index in [4.69, 9.17) is 10.2 Å². The molecule has 0 aliphatic rings. The van der Waals surface area contributed by atoms with Crippen LogP contribution in [0.2, 0.25) is 0 Å². The van der Waals surface area contributed by atoms with Crippen molar-refractivity contribution >= 4 is 38.4 Å². The Morgan fingerprint density at radius 1 is 0.632 bits per heavy atom. The molecule has 19 heavy (non-hydrogen) atoms. The fourth-order valence-electron chi connectivity index (χ4n) is 2.67. The summed E-state index contributed by atoms with van der Waals surface area (Å²) < 4.78 is 0. The van der Waals surface area contributed by atoms with E-state index in [0.717, 1.165) is 6.08 Å². The number of hydrogen-bond donors (Lipinski definition) is 1. The van der Waals surface area contributed by atoms with Gasteiger partial charge in [0.15, 0.2) is 0 Å². The van der Waals surface area contributed by atoms with Gasteiger partial charge in [-0.3, -0.25) is 0 Å². The van der Waals surface area contributed by atoms with E-state index in [1.165, 1.54) is 32.3 Å². The largest absolute Gasteiger partial charge is 0.231 e. The molecular formula is C17H11NO. The zero-order chi connectivity index (χ0) is 13.2. The van der Waals surface area contributed by atoms with Gasteiger partial charge in [-0.2, -0.15) is 0 Å². The summed E-state index contributed by atoms with van der Waals surface area (Å²) in [6.07, 6.45) is 0.750. The van der Waals surface area contributed by atoms with E-state index in [2.05, 4.69) is 60.7 Å². The van der Waals surface area contributed by atoms with Crippen molar-refractivity contribution in [2.75, 3.05) is 0 Å². The summed E-state index contributed by atoms with van der Waals surface area (Å²) in [5.41, 5.74) is 0. The van der Waals surface area contributed by atoms with E-state index in [1.807, 2.05) is 0 Å². The van der Waals surface area contributed by atoms with E-state index >= 15 is 0 Å². The molecule has 0 fully saturated rings. The van der Waals surface area contributed by atoms with Crippen LogP contribution < -0.4 is 0 Å². The van der Waals surface area contributed by atoms with Gasteiger partial charge >= 0.3 is 0 Å². The average Bonchev–Trinajstić information content (AvgIpc) is 2.46. The summed E-state index contributed by atoms with van der Waals surface area (Å²) in [4.78, 5) is 8.35. The Balaban J connectivity index is 0.000000339. The van der Waals surface area contributed by atoms with E-state index in [-0.39, 0.29) is 0 Å². The summed E-state index contributed by atoms with van der Waals surface area (Å²) >= 11 is 0. The molecule has 2 nitrogen and oxygen atoms in total. The highest BCUT2D eigenvalue weighted by Gasteiger charge is 2.05. The molecule has 0 atom stereocenters. The summed E-state index contributed by atoms with van der Waals surface area (Å²) in [5, 5.41) is 13.5. The second-order valence-corrected chi connectivity index (χ2v) is 4.39. The van der Waals surface area contributed by atoms with Crippen molar-refractivity contribution in [3.05, 3.63) is 60.7 Å². The topological polar surface area (TPSA) is 40.9 Å². The maximum absolute atomic E-state index is 8.35. The molecule has 0 unspecified atom stereocenters. The third-order valence-electron chi connectivity index (χ3n) is 3.39. The Morgan fingerprint density at radius 3 is 1.16 bits per heavy atom. The molecule has 0 spiro atoms. The number of rotatable bonds is 0. The lowest BCUT2D eigenvalue weighted by Gasteiger charge is -2.09. The highest BCUT2D eigenvalue weighted by atomic mass is 16.1. The van der Waals surface area contributed by atoms with Gasteiger partial charge in [-0.1, -0.05) is 60.7 Å². The molecule has 0 aliphatic carbocycles. The monoisotopic (exact) mass is 245 g/mol. The van der Waals surface area contributed by atoms with Crippen LogP contribution in [-0.4, -0.2) is 6.08 Å². The predicted octanol–water partition coefficient (Wildman–Crippen LogP) is 4.48. The number of carbonyl (C=O) groups excluding carboxylic acids is 1. The van der Waals surface area contributed by atoms with Crippen LogP contribution in [0.5, 0.6) is 0 Å². The van der Waals surface area contributed by atoms with Crippen molar-refractivity contribution in [3.8, 4) is 0 Å². The fourth-order valence-corrected chi connectivity index (χ4v) is 2.67. The minimum Gasteiger partial charge on any atom is -0.222 e. The minimum absolute atomic E-state index is 0.750. The van der Waals surface area contributed by atoms with Crippen LogP contribution >= 0.6 is 0 Å². The van der Waals surface area contributed by atoms with Gasteiger partial charge in [0, 0.05) is 0 Å². The average molecular weight is 245 g/mol. The first-order chi connectivity index (χ1) is 9.35. The third kappa shape index (κ3) is 1.75. The van der Waals surface area contributed by atoms with Crippen molar-refractivity contribution in [1.29, 1.82) is 5.41 Å². The lowest BCUT2D eigenvalue weighted by atomic mass is 9.95. The quantitative estimate of drug-likeness (QED) is 0.277. The molecule has 2 heteroatoms. The molecule has 4 aromatic rings. The van der Waals surface area contributed by atoms with Gasteiger partial charge < -0.3 is 0 Å². The number of isocyanates is 1. The van der Waals surface area contributed by atoms with Crippen LogP contribution in [0.25, 0.3) is 32.3 Å². The smallest absolute Gasteiger partial charge is 0.222 e. The predicted molar refractivity (Wildman–Crippen MR) is 78.6 cm³/mol. The SMILES string of the molecule is N=C=O.c1cc2ccc3cccc4ccc(c1)c2c34. The van der Waals surface area contributed by atoms with Crippen molar-refractivity contribution < 1.29 is 4.79 Å².